The second-order valence-corrected chi connectivity index (χ2v) is 17.2. The van der Waals surface area contributed by atoms with E-state index in [1.807, 2.05) is 0 Å². The lowest BCUT2D eigenvalue weighted by Crippen LogP contribution is -2.55. The predicted molar refractivity (Wildman–Crippen MR) is 218 cm³/mol. The molecule has 0 saturated carbocycles. The summed E-state index contributed by atoms with van der Waals surface area (Å²) in [6, 6.07) is 0. The van der Waals surface area contributed by atoms with Gasteiger partial charge >= 0.3 is 0 Å². The molecule has 0 unspecified atom stereocenters. The monoisotopic (exact) mass is 662 g/mol. The van der Waals surface area contributed by atoms with Crippen LogP contribution in [0.1, 0.15) is 280 Å². The summed E-state index contributed by atoms with van der Waals surface area (Å²) in [4.78, 5) is 2.99. The molecule has 0 N–H and O–H groups in total. The molecule has 0 saturated heterocycles. The molecule has 0 aromatic carbocycles. The van der Waals surface area contributed by atoms with Crippen molar-refractivity contribution in [2.24, 2.45) is 0 Å². The second kappa shape index (κ2) is 34.4. The highest BCUT2D eigenvalue weighted by Gasteiger charge is 2.36. The molecule has 0 radical (unpaired) electrons. The SMILES string of the molecule is CCCCCCCCCCCCCCN(C(C)(C)CCCCCCCCCCCCC)C(C)(C)CCCCCCCCCCCCC. The minimum absolute atomic E-state index is 0.304. The first-order chi connectivity index (χ1) is 22.8. The van der Waals surface area contributed by atoms with Crippen LogP contribution in [0.15, 0.2) is 0 Å². The van der Waals surface area contributed by atoms with Crippen molar-refractivity contribution in [3.63, 3.8) is 0 Å². The van der Waals surface area contributed by atoms with Crippen molar-refractivity contribution in [1.29, 1.82) is 0 Å². The standard InChI is InChI=1S/C46H95N/c1-8-11-14-17-20-23-26-29-32-35-38-41-44-47(45(4,5)42-39-36-33-30-27-24-21-18-15-12-9-2)46(6,7)43-40-37-34-31-28-25-22-19-16-13-10-3/h8-44H2,1-7H3. The lowest BCUT2D eigenvalue weighted by Gasteiger charge is -2.49. The maximum absolute atomic E-state index is 2.99. The molecule has 0 rings (SSSR count). The molecule has 0 fully saturated rings. The number of hydrogen-bond acceptors (Lipinski definition) is 1. The summed E-state index contributed by atoms with van der Waals surface area (Å²) < 4.78 is 0. The van der Waals surface area contributed by atoms with E-state index in [0.717, 1.165) is 0 Å². The Morgan fingerprint density at radius 2 is 0.447 bits per heavy atom. The molecule has 0 aliphatic heterocycles. The van der Waals surface area contributed by atoms with Crippen molar-refractivity contribution in [3.8, 4) is 0 Å². The Kier molecular flexibility index (Phi) is 34.4. The first-order valence-corrected chi connectivity index (χ1v) is 22.6. The van der Waals surface area contributed by atoms with E-state index in [9.17, 15) is 0 Å². The largest absolute Gasteiger partial charge is 0.293 e. The molecule has 1 heteroatoms. The molecule has 0 amide bonds. The molecule has 47 heavy (non-hydrogen) atoms. The van der Waals surface area contributed by atoms with E-state index in [1.165, 1.54) is 238 Å². The van der Waals surface area contributed by atoms with Crippen LogP contribution in [0.2, 0.25) is 0 Å². The second-order valence-electron chi connectivity index (χ2n) is 17.2. The molecule has 1 nitrogen and oxygen atoms in total. The van der Waals surface area contributed by atoms with Gasteiger partial charge in [-0.25, -0.2) is 0 Å². The Labute approximate surface area is 301 Å². The number of rotatable bonds is 39. The maximum atomic E-state index is 2.99. The van der Waals surface area contributed by atoms with E-state index < -0.39 is 0 Å². The van der Waals surface area contributed by atoms with Gasteiger partial charge in [0.1, 0.15) is 0 Å². The molecular formula is C46H95N. The van der Waals surface area contributed by atoms with Crippen LogP contribution in [0.5, 0.6) is 0 Å². The zero-order valence-electron chi connectivity index (χ0n) is 34.6. The van der Waals surface area contributed by atoms with Crippen molar-refractivity contribution in [2.75, 3.05) is 6.54 Å². The summed E-state index contributed by atoms with van der Waals surface area (Å²) in [5.74, 6) is 0. The fourth-order valence-electron chi connectivity index (χ4n) is 8.25. The molecule has 0 heterocycles. The van der Waals surface area contributed by atoms with Gasteiger partial charge in [0.05, 0.1) is 0 Å². The van der Waals surface area contributed by atoms with Gasteiger partial charge in [-0.05, 0) is 53.5 Å². The van der Waals surface area contributed by atoms with E-state index in [-0.39, 0.29) is 0 Å². The molecule has 0 aliphatic carbocycles. The van der Waals surface area contributed by atoms with Gasteiger partial charge in [-0.3, -0.25) is 4.90 Å². The van der Waals surface area contributed by atoms with Crippen LogP contribution in [0.4, 0.5) is 0 Å². The van der Waals surface area contributed by atoms with Gasteiger partial charge < -0.3 is 0 Å². The van der Waals surface area contributed by atoms with Crippen LogP contribution in [0, 0.1) is 0 Å². The molecule has 0 atom stereocenters. The van der Waals surface area contributed by atoms with E-state index in [1.54, 1.807) is 0 Å². The quantitative estimate of drug-likeness (QED) is 0.0593. The highest BCUT2D eigenvalue weighted by atomic mass is 15.2. The molecule has 284 valence electrons. The smallest absolute Gasteiger partial charge is 0.0158 e. The third kappa shape index (κ3) is 30.5. The van der Waals surface area contributed by atoms with Gasteiger partial charge in [0.25, 0.3) is 0 Å². The predicted octanol–water partition coefficient (Wildman–Crippen LogP) is 16.9. The summed E-state index contributed by atoms with van der Waals surface area (Å²) in [5.41, 5.74) is 0.608. The van der Waals surface area contributed by atoms with Crippen LogP contribution in [-0.2, 0) is 0 Å². The molecule has 0 aromatic heterocycles. The van der Waals surface area contributed by atoms with Crippen molar-refractivity contribution in [2.45, 2.75) is 291 Å². The topological polar surface area (TPSA) is 3.24 Å². The van der Waals surface area contributed by atoms with Crippen LogP contribution in [0.3, 0.4) is 0 Å². The van der Waals surface area contributed by atoms with E-state index >= 15 is 0 Å². The number of unbranched alkanes of at least 4 members (excludes halogenated alkanes) is 31. The van der Waals surface area contributed by atoms with Crippen molar-refractivity contribution < 1.29 is 0 Å². The van der Waals surface area contributed by atoms with Gasteiger partial charge in [0, 0.05) is 11.1 Å². The van der Waals surface area contributed by atoms with E-state index in [2.05, 4.69) is 53.4 Å². The van der Waals surface area contributed by atoms with Crippen molar-refractivity contribution in [3.05, 3.63) is 0 Å². The first kappa shape index (κ1) is 47.0. The summed E-state index contributed by atoms with van der Waals surface area (Å²) in [5, 5.41) is 0. The lowest BCUT2D eigenvalue weighted by atomic mass is 9.85. The Morgan fingerprint density at radius 1 is 0.255 bits per heavy atom. The van der Waals surface area contributed by atoms with Gasteiger partial charge in [-0.1, -0.05) is 233 Å². The zero-order valence-corrected chi connectivity index (χ0v) is 34.6. The summed E-state index contributed by atoms with van der Waals surface area (Å²) >= 11 is 0. The van der Waals surface area contributed by atoms with Crippen molar-refractivity contribution >= 4 is 0 Å². The highest BCUT2D eigenvalue weighted by Crippen LogP contribution is 2.34. The van der Waals surface area contributed by atoms with E-state index in [0.29, 0.717) is 11.1 Å². The molecule has 0 spiro atoms. The Bertz CT molecular complexity index is 554. The van der Waals surface area contributed by atoms with E-state index in [4.69, 9.17) is 0 Å². The maximum Gasteiger partial charge on any atom is 0.0158 e. The third-order valence-corrected chi connectivity index (χ3v) is 11.5. The molecule has 0 aromatic rings. The van der Waals surface area contributed by atoms with Crippen LogP contribution in [-0.4, -0.2) is 22.5 Å². The van der Waals surface area contributed by atoms with Crippen molar-refractivity contribution in [1.82, 2.24) is 4.90 Å². The normalized spacial score (nSPS) is 12.5. The molecule has 0 bridgehead atoms. The summed E-state index contributed by atoms with van der Waals surface area (Å²) in [6.45, 7) is 18.6. The summed E-state index contributed by atoms with van der Waals surface area (Å²) in [6.07, 6.45) is 51.8. The molecule has 0 aliphatic rings. The minimum atomic E-state index is 0.304. The van der Waals surface area contributed by atoms with Gasteiger partial charge in [-0.15, -0.1) is 0 Å². The lowest BCUT2D eigenvalue weighted by molar-refractivity contribution is 0.00151. The Morgan fingerprint density at radius 3 is 0.681 bits per heavy atom. The number of nitrogens with zero attached hydrogens (tertiary/aromatic N) is 1. The minimum Gasteiger partial charge on any atom is -0.293 e. The fraction of sp³-hybridized carbons (Fsp3) is 1.00. The zero-order chi connectivity index (χ0) is 34.7. The average molecular weight is 662 g/mol. The van der Waals surface area contributed by atoms with Crippen LogP contribution in [0.25, 0.3) is 0 Å². The van der Waals surface area contributed by atoms with Crippen LogP contribution >= 0.6 is 0 Å². The highest BCUT2D eigenvalue weighted by molar-refractivity contribution is 4.92. The Hall–Kier alpha value is -0.0400. The first-order valence-electron chi connectivity index (χ1n) is 22.6. The van der Waals surface area contributed by atoms with Gasteiger partial charge in [0.15, 0.2) is 0 Å². The average Bonchev–Trinajstić information content (AvgIpc) is 3.04. The Balaban J connectivity index is 4.54. The third-order valence-electron chi connectivity index (χ3n) is 11.5. The fourth-order valence-corrected chi connectivity index (χ4v) is 8.25. The summed E-state index contributed by atoms with van der Waals surface area (Å²) in [7, 11) is 0. The number of hydrogen-bond donors (Lipinski definition) is 0. The van der Waals surface area contributed by atoms with Gasteiger partial charge in [-0.2, -0.15) is 0 Å². The van der Waals surface area contributed by atoms with Crippen LogP contribution < -0.4 is 0 Å². The molecular weight excluding hydrogens is 567 g/mol. The van der Waals surface area contributed by atoms with Gasteiger partial charge in [0.2, 0.25) is 0 Å².